The van der Waals surface area contributed by atoms with Crippen molar-refractivity contribution in [2.45, 2.75) is 26.8 Å². The van der Waals surface area contributed by atoms with E-state index in [4.69, 9.17) is 0 Å². The zero-order valence-corrected chi connectivity index (χ0v) is 11.3. The number of halogens is 2. The third kappa shape index (κ3) is 2.23. The summed E-state index contributed by atoms with van der Waals surface area (Å²) in [5, 5.41) is 10.9. The fourth-order valence-electron chi connectivity index (χ4n) is 1.93. The molecule has 0 amide bonds. The van der Waals surface area contributed by atoms with Gasteiger partial charge in [-0.25, -0.2) is 13.5 Å². The second-order valence-corrected chi connectivity index (χ2v) is 4.51. The maximum atomic E-state index is 14.1. The van der Waals surface area contributed by atoms with Gasteiger partial charge < -0.3 is 5.32 Å². The first kappa shape index (κ1) is 13.6. The van der Waals surface area contributed by atoms with E-state index >= 15 is 0 Å². The first-order valence-electron chi connectivity index (χ1n) is 6.01. The molecule has 1 N–H and O–H groups in total. The van der Waals surface area contributed by atoms with Crippen LogP contribution in [0.2, 0.25) is 0 Å². The quantitative estimate of drug-likeness (QED) is 0.928. The molecule has 6 heteroatoms. The van der Waals surface area contributed by atoms with E-state index in [0.717, 1.165) is 0 Å². The molecule has 2 aromatic rings. The zero-order valence-electron chi connectivity index (χ0n) is 11.3. The molecule has 4 nitrogen and oxygen atoms in total. The lowest BCUT2D eigenvalue weighted by Crippen LogP contribution is -2.14. The lowest BCUT2D eigenvalue weighted by atomic mass is 10.1. The van der Waals surface area contributed by atoms with Crippen molar-refractivity contribution in [3.63, 3.8) is 0 Å². The van der Waals surface area contributed by atoms with Gasteiger partial charge in [-0.1, -0.05) is 11.3 Å². The van der Waals surface area contributed by atoms with E-state index in [1.807, 2.05) is 6.92 Å². The van der Waals surface area contributed by atoms with Crippen molar-refractivity contribution < 1.29 is 8.78 Å². The normalized spacial score (nSPS) is 12.7. The zero-order chi connectivity index (χ0) is 14.2. The van der Waals surface area contributed by atoms with E-state index in [2.05, 4.69) is 15.6 Å². The average Bonchev–Trinajstić information content (AvgIpc) is 2.76. The van der Waals surface area contributed by atoms with Crippen LogP contribution in [-0.2, 0) is 0 Å². The monoisotopic (exact) mass is 266 g/mol. The molecule has 1 heterocycles. The van der Waals surface area contributed by atoms with E-state index in [9.17, 15) is 8.78 Å². The highest BCUT2D eigenvalue weighted by molar-refractivity contribution is 5.40. The minimum Gasteiger partial charge on any atom is -0.312 e. The molecule has 1 aromatic carbocycles. The third-order valence-electron chi connectivity index (χ3n) is 3.25. The van der Waals surface area contributed by atoms with Crippen molar-refractivity contribution in [1.29, 1.82) is 0 Å². The summed E-state index contributed by atoms with van der Waals surface area (Å²) in [7, 11) is 1.79. The molecule has 0 fully saturated rings. The van der Waals surface area contributed by atoms with Gasteiger partial charge in [0.05, 0.1) is 11.7 Å². The van der Waals surface area contributed by atoms with E-state index in [1.165, 1.54) is 16.8 Å². The number of aryl methyl sites for hydroxylation is 1. The van der Waals surface area contributed by atoms with Gasteiger partial charge in [0.15, 0.2) is 11.6 Å². The molecular weight excluding hydrogens is 250 g/mol. The number of aromatic nitrogens is 3. The van der Waals surface area contributed by atoms with Crippen LogP contribution in [0.15, 0.2) is 12.1 Å². The van der Waals surface area contributed by atoms with E-state index in [1.54, 1.807) is 20.9 Å². The Kier molecular flexibility index (Phi) is 3.61. The molecule has 19 heavy (non-hydrogen) atoms. The van der Waals surface area contributed by atoms with E-state index in [-0.39, 0.29) is 11.7 Å². The number of hydrogen-bond acceptors (Lipinski definition) is 3. The summed E-state index contributed by atoms with van der Waals surface area (Å²) in [5.41, 5.74) is 1.47. The molecule has 2 rings (SSSR count). The Labute approximate surface area is 110 Å². The van der Waals surface area contributed by atoms with Gasteiger partial charge in [-0.15, -0.1) is 5.10 Å². The maximum absolute atomic E-state index is 14.1. The highest BCUT2D eigenvalue weighted by Crippen LogP contribution is 2.23. The first-order chi connectivity index (χ1) is 8.97. The fourth-order valence-corrected chi connectivity index (χ4v) is 1.93. The van der Waals surface area contributed by atoms with Gasteiger partial charge in [-0.2, -0.15) is 0 Å². The Morgan fingerprint density at radius 2 is 1.95 bits per heavy atom. The minimum absolute atomic E-state index is 0.0373. The molecule has 1 aromatic heterocycles. The minimum atomic E-state index is -0.653. The summed E-state index contributed by atoms with van der Waals surface area (Å²) < 4.78 is 29.1. The molecule has 0 radical (unpaired) electrons. The predicted octanol–water partition coefficient (Wildman–Crippen LogP) is 2.44. The smallest absolute Gasteiger partial charge is 0.154 e. The van der Waals surface area contributed by atoms with Crippen LogP contribution in [0.25, 0.3) is 5.69 Å². The SMILES string of the molecule is CNC(C)c1nnn(-c2c(F)ccc(C)c2F)c1C. The van der Waals surface area contributed by atoms with E-state index < -0.39 is 11.6 Å². The van der Waals surface area contributed by atoms with Crippen LogP contribution in [0.1, 0.15) is 29.9 Å². The molecule has 0 saturated carbocycles. The third-order valence-corrected chi connectivity index (χ3v) is 3.25. The Morgan fingerprint density at radius 1 is 1.26 bits per heavy atom. The maximum Gasteiger partial charge on any atom is 0.154 e. The molecule has 0 aliphatic heterocycles. The van der Waals surface area contributed by atoms with Crippen molar-refractivity contribution in [2.24, 2.45) is 0 Å². The molecule has 1 atom stereocenters. The van der Waals surface area contributed by atoms with Crippen molar-refractivity contribution >= 4 is 0 Å². The van der Waals surface area contributed by atoms with Crippen LogP contribution in [0.3, 0.4) is 0 Å². The van der Waals surface area contributed by atoms with Gasteiger partial charge >= 0.3 is 0 Å². The second-order valence-electron chi connectivity index (χ2n) is 4.51. The number of nitrogens with one attached hydrogen (secondary N) is 1. The molecule has 0 aliphatic rings. The summed E-state index contributed by atoms with van der Waals surface area (Å²) >= 11 is 0. The largest absolute Gasteiger partial charge is 0.312 e. The van der Waals surface area contributed by atoms with Crippen LogP contribution in [-0.4, -0.2) is 22.0 Å². The van der Waals surface area contributed by atoms with Crippen LogP contribution >= 0.6 is 0 Å². The van der Waals surface area contributed by atoms with Gasteiger partial charge in [0, 0.05) is 0 Å². The number of hydrogen-bond donors (Lipinski definition) is 1. The van der Waals surface area contributed by atoms with Gasteiger partial charge in [0.2, 0.25) is 0 Å². The van der Waals surface area contributed by atoms with Crippen LogP contribution in [0, 0.1) is 25.5 Å². The molecular formula is C13H16F2N4. The summed E-state index contributed by atoms with van der Waals surface area (Å²) in [6.07, 6.45) is 0. The van der Waals surface area contributed by atoms with Crippen LogP contribution in [0.4, 0.5) is 8.78 Å². The summed E-state index contributed by atoms with van der Waals surface area (Å²) in [5.74, 6) is -1.27. The topological polar surface area (TPSA) is 42.7 Å². The Bertz CT molecular complexity index is 607. The summed E-state index contributed by atoms with van der Waals surface area (Å²) in [6.45, 7) is 5.23. The predicted molar refractivity (Wildman–Crippen MR) is 68.2 cm³/mol. The number of rotatable bonds is 3. The summed E-state index contributed by atoms with van der Waals surface area (Å²) in [6, 6.07) is 2.60. The first-order valence-corrected chi connectivity index (χ1v) is 6.01. The number of benzene rings is 1. The summed E-state index contributed by atoms with van der Waals surface area (Å²) in [4.78, 5) is 0. The van der Waals surface area contributed by atoms with Crippen molar-refractivity contribution in [1.82, 2.24) is 20.3 Å². The Hall–Kier alpha value is -1.82. The molecule has 102 valence electrons. The highest BCUT2D eigenvalue weighted by atomic mass is 19.1. The Balaban J connectivity index is 2.61. The molecule has 0 aliphatic carbocycles. The van der Waals surface area contributed by atoms with Crippen molar-refractivity contribution in [3.05, 3.63) is 40.7 Å². The average molecular weight is 266 g/mol. The Morgan fingerprint density at radius 3 is 2.58 bits per heavy atom. The van der Waals surface area contributed by atoms with Crippen molar-refractivity contribution in [2.75, 3.05) is 7.05 Å². The van der Waals surface area contributed by atoms with Crippen molar-refractivity contribution in [3.8, 4) is 5.69 Å². The standard InChI is InChI=1S/C13H16F2N4/c1-7-5-6-10(14)13(11(7)15)19-9(3)12(17-18-19)8(2)16-4/h5-6,8,16H,1-4H3. The molecule has 0 saturated heterocycles. The van der Waals surface area contributed by atoms with Gasteiger partial charge in [0.25, 0.3) is 0 Å². The number of nitrogens with zero attached hydrogens (tertiary/aromatic N) is 3. The lowest BCUT2D eigenvalue weighted by molar-refractivity contribution is 0.548. The van der Waals surface area contributed by atoms with E-state index in [0.29, 0.717) is 17.0 Å². The van der Waals surface area contributed by atoms with Gasteiger partial charge in [-0.3, -0.25) is 0 Å². The van der Waals surface area contributed by atoms with Crippen LogP contribution < -0.4 is 5.32 Å². The van der Waals surface area contributed by atoms with Gasteiger partial charge in [0.1, 0.15) is 11.4 Å². The molecule has 1 unspecified atom stereocenters. The molecule has 0 spiro atoms. The lowest BCUT2D eigenvalue weighted by Gasteiger charge is -2.10. The van der Waals surface area contributed by atoms with Gasteiger partial charge in [-0.05, 0) is 39.4 Å². The second kappa shape index (κ2) is 5.05. The van der Waals surface area contributed by atoms with Crippen LogP contribution in [0.5, 0.6) is 0 Å². The molecule has 0 bridgehead atoms. The highest BCUT2D eigenvalue weighted by Gasteiger charge is 2.20. The fraction of sp³-hybridized carbons (Fsp3) is 0.385.